The van der Waals surface area contributed by atoms with E-state index in [0.29, 0.717) is 12.3 Å². The van der Waals surface area contributed by atoms with Crippen molar-refractivity contribution >= 4 is 0 Å². The molecule has 0 spiro atoms. The van der Waals surface area contributed by atoms with Gasteiger partial charge in [0, 0.05) is 6.42 Å². The Balaban J connectivity index is 2.41. The Morgan fingerprint density at radius 1 is 1.23 bits per heavy atom. The summed E-state index contributed by atoms with van der Waals surface area (Å²) >= 11 is 0. The van der Waals surface area contributed by atoms with E-state index in [1.165, 1.54) is 0 Å². The molecule has 0 fully saturated rings. The predicted molar refractivity (Wildman–Crippen MR) is 52.5 cm³/mol. The summed E-state index contributed by atoms with van der Waals surface area (Å²) in [6.45, 7) is 4.11. The van der Waals surface area contributed by atoms with Crippen molar-refractivity contribution in [3.8, 4) is 5.75 Å². The number of hydrogen-bond donors (Lipinski definition) is 1. The van der Waals surface area contributed by atoms with Crippen molar-refractivity contribution < 1.29 is 9.84 Å². The molecule has 72 valence electrons. The topological polar surface area (TPSA) is 29.5 Å². The van der Waals surface area contributed by atoms with Crippen LogP contribution >= 0.6 is 0 Å². The van der Waals surface area contributed by atoms with Gasteiger partial charge in [0.2, 0.25) is 0 Å². The third-order valence-corrected chi connectivity index (χ3v) is 1.69. The number of aliphatic hydroxyl groups is 1. The lowest BCUT2D eigenvalue weighted by atomic mass is 10.1. The summed E-state index contributed by atoms with van der Waals surface area (Å²) < 4.78 is 5.28. The Morgan fingerprint density at radius 3 is 2.38 bits per heavy atom. The number of benzene rings is 1. The molecule has 0 heterocycles. The molecular formula is C11H16O2. The average molecular weight is 180 g/mol. The van der Waals surface area contributed by atoms with E-state index < -0.39 is 6.29 Å². The van der Waals surface area contributed by atoms with Crippen molar-refractivity contribution in [2.75, 3.05) is 0 Å². The van der Waals surface area contributed by atoms with Crippen LogP contribution in [-0.2, 0) is 0 Å². The minimum atomic E-state index is -0.692. The molecule has 1 aromatic carbocycles. The van der Waals surface area contributed by atoms with Crippen molar-refractivity contribution in [2.24, 2.45) is 5.92 Å². The second-order valence-corrected chi connectivity index (χ2v) is 3.52. The number of ether oxygens (including phenoxy) is 1. The minimum Gasteiger partial charge on any atom is -0.465 e. The third-order valence-electron chi connectivity index (χ3n) is 1.69. The van der Waals surface area contributed by atoms with Crippen LogP contribution in [0.1, 0.15) is 20.3 Å². The van der Waals surface area contributed by atoms with Crippen LogP contribution in [0.5, 0.6) is 5.75 Å². The van der Waals surface area contributed by atoms with Gasteiger partial charge in [-0.15, -0.1) is 0 Å². The molecule has 0 saturated carbocycles. The molecule has 1 N–H and O–H groups in total. The molecular weight excluding hydrogens is 164 g/mol. The summed E-state index contributed by atoms with van der Waals surface area (Å²) in [7, 11) is 0. The third kappa shape index (κ3) is 3.95. The van der Waals surface area contributed by atoms with Crippen molar-refractivity contribution in [3.63, 3.8) is 0 Å². The predicted octanol–water partition coefficient (Wildman–Crippen LogP) is 2.43. The molecule has 1 unspecified atom stereocenters. The van der Waals surface area contributed by atoms with Crippen LogP contribution < -0.4 is 4.74 Å². The van der Waals surface area contributed by atoms with Gasteiger partial charge >= 0.3 is 0 Å². The molecule has 0 amide bonds. The highest BCUT2D eigenvalue weighted by Crippen LogP contribution is 2.13. The molecule has 0 aliphatic rings. The van der Waals surface area contributed by atoms with Crippen molar-refractivity contribution in [2.45, 2.75) is 26.6 Å². The molecule has 1 aromatic rings. The Hall–Kier alpha value is -1.02. The van der Waals surface area contributed by atoms with E-state index in [9.17, 15) is 5.11 Å². The van der Waals surface area contributed by atoms with Crippen LogP contribution in [0.15, 0.2) is 30.3 Å². The van der Waals surface area contributed by atoms with E-state index in [2.05, 4.69) is 13.8 Å². The second-order valence-electron chi connectivity index (χ2n) is 3.52. The number of para-hydroxylation sites is 1. The highest BCUT2D eigenvalue weighted by Gasteiger charge is 2.07. The largest absolute Gasteiger partial charge is 0.465 e. The first-order valence-corrected chi connectivity index (χ1v) is 4.58. The van der Waals surface area contributed by atoms with Crippen molar-refractivity contribution in [3.05, 3.63) is 30.3 Å². The summed E-state index contributed by atoms with van der Waals surface area (Å²) in [6.07, 6.45) is -0.0306. The van der Waals surface area contributed by atoms with Gasteiger partial charge in [-0.1, -0.05) is 32.0 Å². The number of aliphatic hydroxyl groups excluding tert-OH is 1. The normalized spacial score (nSPS) is 12.9. The van der Waals surface area contributed by atoms with E-state index in [-0.39, 0.29) is 0 Å². The van der Waals surface area contributed by atoms with E-state index in [0.717, 1.165) is 5.75 Å². The van der Waals surface area contributed by atoms with Gasteiger partial charge < -0.3 is 9.84 Å². The molecule has 0 radical (unpaired) electrons. The first kappa shape index (κ1) is 10.1. The van der Waals surface area contributed by atoms with E-state index in [4.69, 9.17) is 4.74 Å². The first-order valence-electron chi connectivity index (χ1n) is 4.58. The van der Waals surface area contributed by atoms with Gasteiger partial charge in [0.05, 0.1) is 0 Å². The van der Waals surface area contributed by atoms with Crippen LogP contribution in [0.2, 0.25) is 0 Å². The highest BCUT2D eigenvalue weighted by atomic mass is 16.6. The van der Waals surface area contributed by atoms with Crippen LogP contribution in [-0.4, -0.2) is 11.4 Å². The zero-order valence-corrected chi connectivity index (χ0v) is 8.10. The van der Waals surface area contributed by atoms with Gasteiger partial charge in [-0.3, -0.25) is 0 Å². The monoisotopic (exact) mass is 180 g/mol. The van der Waals surface area contributed by atoms with Gasteiger partial charge in [-0.05, 0) is 18.1 Å². The lowest BCUT2D eigenvalue weighted by Crippen LogP contribution is -2.17. The molecule has 0 aliphatic carbocycles. The Kier molecular flexibility index (Phi) is 3.77. The fourth-order valence-corrected chi connectivity index (χ4v) is 1.11. The lowest BCUT2D eigenvalue weighted by Gasteiger charge is -2.14. The van der Waals surface area contributed by atoms with Gasteiger partial charge in [-0.2, -0.15) is 0 Å². The first-order chi connectivity index (χ1) is 6.18. The quantitative estimate of drug-likeness (QED) is 0.721. The van der Waals surface area contributed by atoms with Crippen LogP contribution in [0, 0.1) is 5.92 Å². The van der Waals surface area contributed by atoms with Crippen LogP contribution in [0.25, 0.3) is 0 Å². The maximum Gasteiger partial charge on any atom is 0.197 e. The zero-order valence-electron chi connectivity index (χ0n) is 8.10. The summed E-state index contributed by atoms with van der Waals surface area (Å²) in [5, 5.41) is 9.45. The molecule has 2 heteroatoms. The molecule has 13 heavy (non-hydrogen) atoms. The molecule has 2 nitrogen and oxygen atoms in total. The molecule has 0 aliphatic heterocycles. The fraction of sp³-hybridized carbons (Fsp3) is 0.455. The number of hydrogen-bond acceptors (Lipinski definition) is 2. The zero-order chi connectivity index (χ0) is 9.68. The molecule has 1 atom stereocenters. The molecule has 0 saturated heterocycles. The minimum absolute atomic E-state index is 0.443. The van der Waals surface area contributed by atoms with E-state index in [1.807, 2.05) is 30.3 Å². The lowest BCUT2D eigenvalue weighted by molar-refractivity contribution is -0.0313. The summed E-state index contributed by atoms with van der Waals surface area (Å²) in [4.78, 5) is 0. The average Bonchev–Trinajstić information content (AvgIpc) is 2.04. The summed E-state index contributed by atoms with van der Waals surface area (Å²) in [6, 6.07) is 9.36. The van der Waals surface area contributed by atoms with Gasteiger partial charge in [0.1, 0.15) is 5.75 Å². The van der Waals surface area contributed by atoms with Crippen molar-refractivity contribution in [1.29, 1.82) is 0 Å². The van der Waals surface area contributed by atoms with Gasteiger partial charge in [0.25, 0.3) is 0 Å². The van der Waals surface area contributed by atoms with Gasteiger partial charge in [-0.25, -0.2) is 0 Å². The maximum atomic E-state index is 9.45. The summed E-state index contributed by atoms with van der Waals surface area (Å²) in [5.74, 6) is 1.16. The standard InChI is InChI=1S/C11H16O2/c1-9(2)8-11(12)13-10-6-4-3-5-7-10/h3-7,9,11-12H,8H2,1-2H3. The highest BCUT2D eigenvalue weighted by molar-refractivity contribution is 5.20. The molecule has 1 rings (SSSR count). The fourth-order valence-electron chi connectivity index (χ4n) is 1.11. The Labute approximate surface area is 79.2 Å². The second kappa shape index (κ2) is 4.87. The molecule has 0 bridgehead atoms. The van der Waals surface area contributed by atoms with Crippen LogP contribution in [0.4, 0.5) is 0 Å². The SMILES string of the molecule is CC(C)CC(O)Oc1ccccc1. The van der Waals surface area contributed by atoms with Gasteiger partial charge in [0.15, 0.2) is 6.29 Å². The maximum absolute atomic E-state index is 9.45. The summed E-state index contributed by atoms with van der Waals surface area (Å²) in [5.41, 5.74) is 0. The van der Waals surface area contributed by atoms with E-state index >= 15 is 0 Å². The molecule has 0 aromatic heterocycles. The Bertz CT molecular complexity index is 231. The smallest absolute Gasteiger partial charge is 0.197 e. The number of rotatable bonds is 4. The van der Waals surface area contributed by atoms with Crippen LogP contribution in [0.3, 0.4) is 0 Å². The van der Waals surface area contributed by atoms with Crippen molar-refractivity contribution in [1.82, 2.24) is 0 Å². The Morgan fingerprint density at radius 2 is 1.85 bits per heavy atom. The van der Waals surface area contributed by atoms with E-state index in [1.54, 1.807) is 0 Å².